The minimum atomic E-state index is -0.208. The van der Waals surface area contributed by atoms with Crippen LogP contribution in [0.5, 0.6) is 5.75 Å². The summed E-state index contributed by atoms with van der Waals surface area (Å²) in [7, 11) is 0. The molecule has 0 bridgehead atoms. The van der Waals surface area contributed by atoms with Crippen molar-refractivity contribution in [2.24, 2.45) is 11.7 Å². The van der Waals surface area contributed by atoms with Crippen LogP contribution in [0.15, 0.2) is 18.2 Å². The number of nitrogens with two attached hydrogens (primary N) is 1. The molecule has 0 spiro atoms. The number of aryl methyl sites for hydroxylation is 1. The molecule has 1 aromatic carbocycles. The van der Waals surface area contributed by atoms with Gasteiger partial charge in [-0.2, -0.15) is 0 Å². The molecule has 3 nitrogen and oxygen atoms in total. The van der Waals surface area contributed by atoms with Crippen LogP contribution in [-0.4, -0.2) is 30.1 Å². The third-order valence-corrected chi connectivity index (χ3v) is 5.21. The van der Waals surface area contributed by atoms with Crippen molar-refractivity contribution < 1.29 is 4.74 Å². The van der Waals surface area contributed by atoms with Crippen LogP contribution < -0.4 is 10.5 Å². The first kappa shape index (κ1) is 14.9. The van der Waals surface area contributed by atoms with Crippen molar-refractivity contribution in [1.29, 1.82) is 0 Å². The molecule has 1 aromatic rings. The monoisotopic (exact) mass is 288 g/mol. The summed E-state index contributed by atoms with van der Waals surface area (Å²) in [5.41, 5.74) is 8.92. The zero-order valence-corrected chi connectivity index (χ0v) is 13.6. The van der Waals surface area contributed by atoms with Gasteiger partial charge in [-0.25, -0.2) is 0 Å². The number of likely N-dealkylation sites (tertiary alicyclic amines) is 1. The van der Waals surface area contributed by atoms with E-state index >= 15 is 0 Å². The summed E-state index contributed by atoms with van der Waals surface area (Å²) in [4.78, 5) is 2.55. The Balaban J connectivity index is 1.91. The summed E-state index contributed by atoms with van der Waals surface area (Å²) < 4.78 is 6.43. The molecule has 1 saturated heterocycles. The van der Waals surface area contributed by atoms with Gasteiger partial charge in [0.2, 0.25) is 0 Å². The second-order valence-electron chi connectivity index (χ2n) is 7.03. The first-order chi connectivity index (χ1) is 10.0. The van der Waals surface area contributed by atoms with Gasteiger partial charge in [-0.15, -0.1) is 0 Å². The van der Waals surface area contributed by atoms with Crippen molar-refractivity contribution in [2.45, 2.75) is 51.7 Å². The second-order valence-corrected chi connectivity index (χ2v) is 7.03. The van der Waals surface area contributed by atoms with Gasteiger partial charge < -0.3 is 15.4 Å². The molecule has 2 atom stereocenters. The Morgan fingerprint density at radius 3 is 2.67 bits per heavy atom. The van der Waals surface area contributed by atoms with Crippen LogP contribution in [0.4, 0.5) is 0 Å². The van der Waals surface area contributed by atoms with Gasteiger partial charge in [0.15, 0.2) is 0 Å². The molecule has 116 valence electrons. The number of ether oxygens (including phenoxy) is 1. The number of benzene rings is 1. The number of fused-ring (bicyclic) bond motifs is 1. The van der Waals surface area contributed by atoms with Gasteiger partial charge in [0.05, 0.1) is 0 Å². The summed E-state index contributed by atoms with van der Waals surface area (Å²) in [6.07, 6.45) is 3.63. The van der Waals surface area contributed by atoms with Crippen molar-refractivity contribution >= 4 is 0 Å². The number of hydrogen-bond acceptors (Lipinski definition) is 3. The first-order valence-electron chi connectivity index (χ1n) is 8.31. The SMILES string of the molecule is CCc1cccc2c1OC(C)(C)C(CN1CCCC1)C2N. The van der Waals surface area contributed by atoms with Crippen LogP contribution in [-0.2, 0) is 6.42 Å². The van der Waals surface area contributed by atoms with E-state index < -0.39 is 0 Å². The lowest BCUT2D eigenvalue weighted by molar-refractivity contribution is -0.00436. The molecule has 0 radical (unpaired) electrons. The third-order valence-electron chi connectivity index (χ3n) is 5.21. The Labute approximate surface area is 128 Å². The molecule has 2 aliphatic heterocycles. The predicted octanol–water partition coefficient (Wildman–Crippen LogP) is 3.13. The van der Waals surface area contributed by atoms with Crippen molar-refractivity contribution in [3.63, 3.8) is 0 Å². The second kappa shape index (κ2) is 5.62. The fourth-order valence-corrected chi connectivity index (χ4v) is 3.83. The van der Waals surface area contributed by atoms with Gasteiger partial charge in [-0.1, -0.05) is 25.1 Å². The standard InChI is InChI=1S/C18H28N2O/c1-4-13-8-7-9-14-16(19)15(12-20-10-5-6-11-20)18(2,3)21-17(13)14/h7-9,15-16H,4-6,10-12,19H2,1-3H3. The van der Waals surface area contributed by atoms with Crippen LogP contribution in [0.3, 0.4) is 0 Å². The molecule has 21 heavy (non-hydrogen) atoms. The molecule has 0 amide bonds. The van der Waals surface area contributed by atoms with Crippen LogP contribution in [0.25, 0.3) is 0 Å². The summed E-state index contributed by atoms with van der Waals surface area (Å²) in [6, 6.07) is 6.48. The average molecular weight is 288 g/mol. The number of rotatable bonds is 3. The van der Waals surface area contributed by atoms with E-state index in [-0.39, 0.29) is 11.6 Å². The average Bonchev–Trinajstić information content (AvgIpc) is 2.95. The topological polar surface area (TPSA) is 38.5 Å². The fraction of sp³-hybridized carbons (Fsp3) is 0.667. The molecule has 0 aromatic heterocycles. The summed E-state index contributed by atoms with van der Waals surface area (Å²) >= 11 is 0. The van der Waals surface area contributed by atoms with Crippen LogP contribution >= 0.6 is 0 Å². The summed E-state index contributed by atoms with van der Waals surface area (Å²) in [6.45, 7) is 10.0. The number of nitrogens with zero attached hydrogens (tertiary/aromatic N) is 1. The maximum atomic E-state index is 6.66. The molecule has 2 unspecified atom stereocenters. The van der Waals surface area contributed by atoms with E-state index in [1.165, 1.54) is 37.1 Å². The Kier molecular flexibility index (Phi) is 3.98. The van der Waals surface area contributed by atoms with Crippen LogP contribution in [0, 0.1) is 5.92 Å². The van der Waals surface area contributed by atoms with Gasteiger partial charge >= 0.3 is 0 Å². The predicted molar refractivity (Wildman–Crippen MR) is 86.6 cm³/mol. The lowest BCUT2D eigenvalue weighted by Gasteiger charge is -2.45. The molecule has 3 rings (SSSR count). The highest BCUT2D eigenvalue weighted by Gasteiger charge is 2.43. The number of para-hydroxylation sites is 1. The van der Waals surface area contributed by atoms with E-state index in [2.05, 4.69) is 43.9 Å². The van der Waals surface area contributed by atoms with E-state index in [0.29, 0.717) is 5.92 Å². The molecule has 0 saturated carbocycles. The zero-order valence-electron chi connectivity index (χ0n) is 13.6. The van der Waals surface area contributed by atoms with E-state index in [1.54, 1.807) is 0 Å². The summed E-state index contributed by atoms with van der Waals surface area (Å²) in [5.74, 6) is 1.38. The largest absolute Gasteiger partial charge is 0.487 e. The van der Waals surface area contributed by atoms with Crippen molar-refractivity contribution in [3.8, 4) is 5.75 Å². The molecule has 2 aliphatic rings. The molecule has 2 N–H and O–H groups in total. The first-order valence-corrected chi connectivity index (χ1v) is 8.31. The molecule has 3 heteroatoms. The number of hydrogen-bond donors (Lipinski definition) is 1. The lowest BCUT2D eigenvalue weighted by Crippen LogP contribution is -2.51. The zero-order chi connectivity index (χ0) is 15.0. The van der Waals surface area contributed by atoms with Crippen LogP contribution in [0.1, 0.15) is 50.8 Å². The molecule has 1 fully saturated rings. The van der Waals surface area contributed by atoms with Crippen molar-refractivity contribution in [1.82, 2.24) is 4.90 Å². The highest BCUT2D eigenvalue weighted by Crippen LogP contribution is 2.44. The minimum Gasteiger partial charge on any atom is -0.487 e. The van der Waals surface area contributed by atoms with E-state index in [1.807, 2.05) is 0 Å². The smallest absolute Gasteiger partial charge is 0.128 e. The Morgan fingerprint density at radius 1 is 1.29 bits per heavy atom. The minimum absolute atomic E-state index is 0.0656. The molecule has 0 aliphatic carbocycles. The van der Waals surface area contributed by atoms with Gasteiger partial charge in [0, 0.05) is 24.1 Å². The van der Waals surface area contributed by atoms with E-state index in [4.69, 9.17) is 10.5 Å². The van der Waals surface area contributed by atoms with Crippen molar-refractivity contribution in [2.75, 3.05) is 19.6 Å². The summed E-state index contributed by atoms with van der Waals surface area (Å²) in [5, 5.41) is 0. The molecular formula is C18H28N2O. The van der Waals surface area contributed by atoms with Crippen molar-refractivity contribution in [3.05, 3.63) is 29.3 Å². The van der Waals surface area contributed by atoms with Gasteiger partial charge in [0.25, 0.3) is 0 Å². The fourth-order valence-electron chi connectivity index (χ4n) is 3.83. The van der Waals surface area contributed by atoms with E-state index in [0.717, 1.165) is 18.7 Å². The van der Waals surface area contributed by atoms with Gasteiger partial charge in [0.1, 0.15) is 11.4 Å². The normalized spacial score (nSPS) is 28.2. The highest BCUT2D eigenvalue weighted by molar-refractivity contribution is 5.46. The Hall–Kier alpha value is -1.06. The molecule has 2 heterocycles. The van der Waals surface area contributed by atoms with Crippen LogP contribution in [0.2, 0.25) is 0 Å². The van der Waals surface area contributed by atoms with Gasteiger partial charge in [-0.3, -0.25) is 0 Å². The highest BCUT2D eigenvalue weighted by atomic mass is 16.5. The molecular weight excluding hydrogens is 260 g/mol. The third kappa shape index (κ3) is 2.69. The lowest BCUT2D eigenvalue weighted by atomic mass is 9.78. The maximum Gasteiger partial charge on any atom is 0.128 e. The van der Waals surface area contributed by atoms with Gasteiger partial charge in [-0.05, 0) is 51.8 Å². The van der Waals surface area contributed by atoms with E-state index in [9.17, 15) is 0 Å². The Morgan fingerprint density at radius 2 is 2.00 bits per heavy atom. The Bertz CT molecular complexity index is 506. The quantitative estimate of drug-likeness (QED) is 0.928. The maximum absolute atomic E-state index is 6.66.